The SMILES string of the molecule is CCC(NC)C(C)Cc1ccc(OC)c(Br)c1. The lowest BCUT2D eigenvalue weighted by atomic mass is 9.92. The first-order chi connectivity index (χ1) is 8.12. The summed E-state index contributed by atoms with van der Waals surface area (Å²) in [5.41, 5.74) is 1.35. The molecule has 0 bridgehead atoms. The molecule has 0 spiro atoms. The Morgan fingerprint density at radius 2 is 2.12 bits per heavy atom. The van der Waals surface area contributed by atoms with Crippen LogP contribution in [0.3, 0.4) is 0 Å². The summed E-state index contributed by atoms with van der Waals surface area (Å²) in [7, 11) is 3.73. The molecule has 3 heteroatoms. The summed E-state index contributed by atoms with van der Waals surface area (Å²) in [4.78, 5) is 0. The molecule has 0 saturated heterocycles. The summed E-state index contributed by atoms with van der Waals surface area (Å²) >= 11 is 3.53. The van der Waals surface area contributed by atoms with E-state index in [1.54, 1.807) is 7.11 Å². The van der Waals surface area contributed by atoms with Gasteiger partial charge in [0.05, 0.1) is 11.6 Å². The minimum atomic E-state index is 0.580. The Balaban J connectivity index is 2.71. The zero-order chi connectivity index (χ0) is 12.8. The van der Waals surface area contributed by atoms with E-state index in [9.17, 15) is 0 Å². The third-order valence-electron chi connectivity index (χ3n) is 3.27. The Labute approximate surface area is 113 Å². The van der Waals surface area contributed by atoms with Crippen LogP contribution in [0.25, 0.3) is 0 Å². The van der Waals surface area contributed by atoms with Gasteiger partial charge in [0.25, 0.3) is 0 Å². The average Bonchev–Trinajstić information content (AvgIpc) is 2.31. The van der Waals surface area contributed by atoms with Gasteiger partial charge < -0.3 is 10.1 Å². The first-order valence-corrected chi connectivity index (χ1v) is 6.91. The first-order valence-electron chi connectivity index (χ1n) is 6.12. The van der Waals surface area contributed by atoms with E-state index in [4.69, 9.17) is 4.74 Å². The molecule has 0 aliphatic heterocycles. The van der Waals surface area contributed by atoms with Crippen molar-refractivity contribution in [3.63, 3.8) is 0 Å². The maximum absolute atomic E-state index is 5.24. The topological polar surface area (TPSA) is 21.3 Å². The highest BCUT2D eigenvalue weighted by Gasteiger charge is 2.14. The van der Waals surface area contributed by atoms with Gasteiger partial charge in [-0.05, 0) is 59.4 Å². The molecule has 1 aromatic rings. The van der Waals surface area contributed by atoms with Gasteiger partial charge in [0.2, 0.25) is 0 Å². The number of ether oxygens (including phenoxy) is 1. The Morgan fingerprint density at radius 3 is 2.59 bits per heavy atom. The van der Waals surface area contributed by atoms with E-state index in [2.05, 4.69) is 47.2 Å². The molecular weight excluding hydrogens is 278 g/mol. The molecule has 2 atom stereocenters. The summed E-state index contributed by atoms with van der Waals surface area (Å²) in [6, 6.07) is 6.89. The molecule has 0 aromatic heterocycles. The molecule has 1 rings (SSSR count). The number of halogens is 1. The van der Waals surface area contributed by atoms with Gasteiger partial charge in [0.15, 0.2) is 0 Å². The molecule has 0 amide bonds. The van der Waals surface area contributed by atoms with E-state index in [1.807, 2.05) is 13.1 Å². The van der Waals surface area contributed by atoms with Gasteiger partial charge in [-0.3, -0.25) is 0 Å². The highest BCUT2D eigenvalue weighted by atomic mass is 79.9. The maximum Gasteiger partial charge on any atom is 0.133 e. The molecule has 0 heterocycles. The fourth-order valence-corrected chi connectivity index (χ4v) is 2.83. The Kier molecular flexibility index (Phi) is 6.00. The quantitative estimate of drug-likeness (QED) is 0.866. The van der Waals surface area contributed by atoms with Crippen molar-refractivity contribution in [2.45, 2.75) is 32.7 Å². The lowest BCUT2D eigenvalue weighted by molar-refractivity contribution is 0.386. The number of hydrogen-bond donors (Lipinski definition) is 1. The Bertz CT molecular complexity index is 350. The second-order valence-corrected chi connectivity index (χ2v) is 5.31. The Morgan fingerprint density at radius 1 is 1.41 bits per heavy atom. The van der Waals surface area contributed by atoms with Gasteiger partial charge in [-0.2, -0.15) is 0 Å². The average molecular weight is 300 g/mol. The van der Waals surface area contributed by atoms with Crippen LogP contribution >= 0.6 is 15.9 Å². The third kappa shape index (κ3) is 4.00. The van der Waals surface area contributed by atoms with Crippen molar-refractivity contribution < 1.29 is 4.74 Å². The zero-order valence-electron chi connectivity index (χ0n) is 11.1. The third-order valence-corrected chi connectivity index (χ3v) is 3.89. The predicted molar refractivity (Wildman–Crippen MR) is 76.7 cm³/mol. The van der Waals surface area contributed by atoms with Crippen molar-refractivity contribution in [3.05, 3.63) is 28.2 Å². The Hall–Kier alpha value is -0.540. The van der Waals surface area contributed by atoms with E-state index in [1.165, 1.54) is 5.56 Å². The molecular formula is C14H22BrNO. The minimum Gasteiger partial charge on any atom is -0.496 e. The van der Waals surface area contributed by atoms with Crippen molar-refractivity contribution >= 4 is 15.9 Å². The van der Waals surface area contributed by atoms with Crippen LogP contribution in [0.4, 0.5) is 0 Å². The highest BCUT2D eigenvalue weighted by molar-refractivity contribution is 9.10. The van der Waals surface area contributed by atoms with Crippen LogP contribution in [0.2, 0.25) is 0 Å². The van der Waals surface area contributed by atoms with Crippen LogP contribution in [0.5, 0.6) is 5.75 Å². The van der Waals surface area contributed by atoms with Crippen molar-refractivity contribution in [1.29, 1.82) is 0 Å². The van der Waals surface area contributed by atoms with E-state index < -0.39 is 0 Å². The summed E-state index contributed by atoms with van der Waals surface area (Å²) < 4.78 is 6.27. The molecule has 0 aliphatic rings. The smallest absolute Gasteiger partial charge is 0.133 e. The molecule has 96 valence electrons. The fraction of sp³-hybridized carbons (Fsp3) is 0.571. The number of hydrogen-bond acceptors (Lipinski definition) is 2. The summed E-state index contributed by atoms with van der Waals surface area (Å²) in [6.07, 6.45) is 2.25. The van der Waals surface area contributed by atoms with Crippen LogP contribution in [-0.2, 0) is 6.42 Å². The normalized spacial score (nSPS) is 14.4. The molecule has 0 radical (unpaired) electrons. The molecule has 0 saturated carbocycles. The van der Waals surface area contributed by atoms with Crippen LogP contribution < -0.4 is 10.1 Å². The zero-order valence-corrected chi connectivity index (χ0v) is 12.7. The molecule has 17 heavy (non-hydrogen) atoms. The van der Waals surface area contributed by atoms with E-state index >= 15 is 0 Å². The van der Waals surface area contributed by atoms with Gasteiger partial charge in [-0.25, -0.2) is 0 Å². The summed E-state index contributed by atoms with van der Waals surface area (Å²) in [6.45, 7) is 4.52. The maximum atomic E-state index is 5.24. The second-order valence-electron chi connectivity index (χ2n) is 4.45. The van der Waals surface area contributed by atoms with Crippen molar-refractivity contribution in [2.75, 3.05) is 14.2 Å². The van der Waals surface area contributed by atoms with Crippen LogP contribution in [0, 0.1) is 5.92 Å². The van der Waals surface area contributed by atoms with Gasteiger partial charge in [-0.1, -0.05) is 19.9 Å². The van der Waals surface area contributed by atoms with E-state index in [0.717, 1.165) is 23.1 Å². The predicted octanol–water partition coefficient (Wildman–Crippen LogP) is 3.63. The van der Waals surface area contributed by atoms with E-state index in [-0.39, 0.29) is 0 Å². The van der Waals surface area contributed by atoms with Crippen molar-refractivity contribution in [3.8, 4) is 5.75 Å². The monoisotopic (exact) mass is 299 g/mol. The van der Waals surface area contributed by atoms with Crippen LogP contribution in [0.1, 0.15) is 25.8 Å². The lowest BCUT2D eigenvalue weighted by Crippen LogP contribution is -2.32. The largest absolute Gasteiger partial charge is 0.496 e. The number of benzene rings is 1. The number of methoxy groups -OCH3 is 1. The molecule has 1 N–H and O–H groups in total. The van der Waals surface area contributed by atoms with Gasteiger partial charge in [0.1, 0.15) is 5.75 Å². The van der Waals surface area contributed by atoms with E-state index in [0.29, 0.717) is 12.0 Å². The first kappa shape index (κ1) is 14.5. The van der Waals surface area contributed by atoms with Crippen LogP contribution in [0.15, 0.2) is 22.7 Å². The molecule has 2 nitrogen and oxygen atoms in total. The summed E-state index contributed by atoms with van der Waals surface area (Å²) in [5, 5.41) is 3.37. The lowest BCUT2D eigenvalue weighted by Gasteiger charge is -2.22. The molecule has 1 aromatic carbocycles. The molecule has 2 unspecified atom stereocenters. The summed E-state index contributed by atoms with van der Waals surface area (Å²) in [5.74, 6) is 1.52. The fourth-order valence-electron chi connectivity index (χ4n) is 2.24. The van der Waals surface area contributed by atoms with Crippen molar-refractivity contribution in [2.24, 2.45) is 5.92 Å². The molecule has 0 aliphatic carbocycles. The minimum absolute atomic E-state index is 0.580. The molecule has 0 fully saturated rings. The van der Waals surface area contributed by atoms with Gasteiger partial charge >= 0.3 is 0 Å². The van der Waals surface area contributed by atoms with Crippen molar-refractivity contribution in [1.82, 2.24) is 5.32 Å². The standard InChI is InChI=1S/C14H22BrNO/c1-5-13(16-3)10(2)8-11-6-7-14(17-4)12(15)9-11/h6-7,9-10,13,16H,5,8H2,1-4H3. The highest BCUT2D eigenvalue weighted by Crippen LogP contribution is 2.27. The number of nitrogens with one attached hydrogen (secondary N) is 1. The van der Waals surface area contributed by atoms with Gasteiger partial charge in [0, 0.05) is 6.04 Å². The van der Waals surface area contributed by atoms with Gasteiger partial charge in [-0.15, -0.1) is 0 Å². The van der Waals surface area contributed by atoms with Crippen LogP contribution in [-0.4, -0.2) is 20.2 Å². The number of rotatable bonds is 6. The second kappa shape index (κ2) is 7.02.